The van der Waals surface area contributed by atoms with E-state index < -0.39 is 5.41 Å². The molecule has 2 aromatic carbocycles. The lowest BCUT2D eigenvalue weighted by Crippen LogP contribution is -2.32. The highest BCUT2D eigenvalue weighted by Gasteiger charge is 2.43. The zero-order valence-electron chi connectivity index (χ0n) is 12.0. The molecular formula is C17H18N2O. The second-order valence-electron chi connectivity index (χ2n) is 5.57. The number of hydrogen-bond acceptors (Lipinski definition) is 2. The van der Waals surface area contributed by atoms with Crippen molar-refractivity contribution >= 4 is 17.3 Å². The maximum Gasteiger partial charge on any atom is 0.239 e. The summed E-state index contributed by atoms with van der Waals surface area (Å²) in [6.45, 7) is 1.98. The predicted molar refractivity (Wildman–Crippen MR) is 82.3 cm³/mol. The smallest absolute Gasteiger partial charge is 0.239 e. The van der Waals surface area contributed by atoms with Gasteiger partial charge in [0.25, 0.3) is 0 Å². The van der Waals surface area contributed by atoms with E-state index in [1.54, 1.807) is 0 Å². The molecule has 0 radical (unpaired) electrons. The first-order chi connectivity index (χ1) is 9.53. The summed E-state index contributed by atoms with van der Waals surface area (Å²) in [7, 11) is 4.02. The monoisotopic (exact) mass is 266 g/mol. The molecule has 3 rings (SSSR count). The van der Waals surface area contributed by atoms with Crippen molar-refractivity contribution in [3.63, 3.8) is 0 Å². The van der Waals surface area contributed by atoms with E-state index in [2.05, 4.69) is 22.3 Å². The molecule has 2 aromatic rings. The molecule has 0 aliphatic carbocycles. The fourth-order valence-electron chi connectivity index (χ4n) is 2.78. The van der Waals surface area contributed by atoms with Crippen LogP contribution < -0.4 is 10.2 Å². The number of amides is 1. The fourth-order valence-corrected chi connectivity index (χ4v) is 2.78. The van der Waals surface area contributed by atoms with Gasteiger partial charge in [0, 0.05) is 25.5 Å². The van der Waals surface area contributed by atoms with Gasteiger partial charge in [-0.25, -0.2) is 0 Å². The van der Waals surface area contributed by atoms with Crippen molar-refractivity contribution in [3.8, 4) is 0 Å². The molecule has 0 spiro atoms. The number of carbonyl (C=O) groups excluding carboxylic acids is 1. The molecule has 1 unspecified atom stereocenters. The Kier molecular flexibility index (Phi) is 2.78. The van der Waals surface area contributed by atoms with E-state index in [0.717, 1.165) is 22.5 Å². The maximum atomic E-state index is 12.5. The van der Waals surface area contributed by atoms with Crippen molar-refractivity contribution in [1.29, 1.82) is 0 Å². The molecule has 1 heterocycles. The van der Waals surface area contributed by atoms with Crippen molar-refractivity contribution in [2.45, 2.75) is 12.3 Å². The molecule has 0 fully saturated rings. The van der Waals surface area contributed by atoms with Crippen LogP contribution in [-0.4, -0.2) is 20.0 Å². The van der Waals surface area contributed by atoms with Gasteiger partial charge in [-0.05, 0) is 36.2 Å². The number of fused-ring (bicyclic) bond motifs is 1. The third kappa shape index (κ3) is 1.70. The van der Waals surface area contributed by atoms with Crippen LogP contribution in [0.3, 0.4) is 0 Å². The molecular weight excluding hydrogens is 248 g/mol. The fraction of sp³-hybridized carbons (Fsp3) is 0.235. The number of benzene rings is 2. The van der Waals surface area contributed by atoms with Crippen molar-refractivity contribution in [1.82, 2.24) is 0 Å². The van der Waals surface area contributed by atoms with Gasteiger partial charge in [-0.15, -0.1) is 0 Å². The standard InChI is InChI=1S/C17H18N2O/c1-17(12-8-10-13(11-9-12)19(2)3)14-6-4-5-7-15(14)18-16(17)20/h4-11H,1-3H3,(H,18,20). The summed E-state index contributed by atoms with van der Waals surface area (Å²) in [5, 5.41) is 2.97. The third-order valence-corrected chi connectivity index (χ3v) is 4.13. The van der Waals surface area contributed by atoms with Gasteiger partial charge in [-0.3, -0.25) is 4.79 Å². The lowest BCUT2D eigenvalue weighted by molar-refractivity contribution is -0.119. The first-order valence-electron chi connectivity index (χ1n) is 6.72. The van der Waals surface area contributed by atoms with Crippen LogP contribution in [-0.2, 0) is 10.2 Å². The molecule has 3 nitrogen and oxygen atoms in total. The second-order valence-corrected chi connectivity index (χ2v) is 5.57. The van der Waals surface area contributed by atoms with Crippen LogP contribution in [0.4, 0.5) is 11.4 Å². The van der Waals surface area contributed by atoms with Gasteiger partial charge < -0.3 is 10.2 Å². The molecule has 3 heteroatoms. The van der Waals surface area contributed by atoms with Crippen molar-refractivity contribution < 1.29 is 4.79 Å². The first kappa shape index (κ1) is 12.7. The van der Waals surface area contributed by atoms with Gasteiger partial charge >= 0.3 is 0 Å². The molecule has 102 valence electrons. The Morgan fingerprint density at radius 2 is 1.65 bits per heavy atom. The van der Waals surface area contributed by atoms with Gasteiger partial charge in [0.1, 0.15) is 0 Å². The number of nitrogens with zero attached hydrogens (tertiary/aromatic N) is 1. The Morgan fingerprint density at radius 1 is 1.00 bits per heavy atom. The molecule has 0 saturated heterocycles. The van der Waals surface area contributed by atoms with Crippen LogP contribution in [0.2, 0.25) is 0 Å². The summed E-state index contributed by atoms with van der Waals surface area (Å²) in [5.74, 6) is 0.0382. The van der Waals surface area contributed by atoms with Crippen LogP contribution in [0.15, 0.2) is 48.5 Å². The normalized spacial score (nSPS) is 20.4. The molecule has 1 amide bonds. The molecule has 1 atom stereocenters. The Balaban J connectivity index is 2.10. The molecule has 1 aliphatic rings. The van der Waals surface area contributed by atoms with Crippen LogP contribution in [0.25, 0.3) is 0 Å². The van der Waals surface area contributed by atoms with Crippen LogP contribution in [0.5, 0.6) is 0 Å². The van der Waals surface area contributed by atoms with Crippen molar-refractivity contribution in [2.75, 3.05) is 24.3 Å². The Morgan fingerprint density at radius 3 is 2.30 bits per heavy atom. The minimum absolute atomic E-state index is 0.0382. The topological polar surface area (TPSA) is 32.3 Å². The molecule has 1 N–H and O–H groups in total. The average Bonchev–Trinajstić information content (AvgIpc) is 2.72. The summed E-state index contributed by atoms with van der Waals surface area (Å²) >= 11 is 0. The van der Waals surface area contributed by atoms with Gasteiger partial charge in [-0.2, -0.15) is 0 Å². The number of carbonyl (C=O) groups is 1. The van der Waals surface area contributed by atoms with Gasteiger partial charge in [0.05, 0.1) is 5.41 Å². The van der Waals surface area contributed by atoms with Gasteiger partial charge in [-0.1, -0.05) is 30.3 Å². The van der Waals surface area contributed by atoms with Crippen LogP contribution in [0.1, 0.15) is 18.1 Å². The summed E-state index contributed by atoms with van der Waals surface area (Å²) in [6.07, 6.45) is 0. The van der Waals surface area contributed by atoms with E-state index in [-0.39, 0.29) is 5.91 Å². The second kappa shape index (κ2) is 4.37. The molecule has 1 aliphatic heterocycles. The minimum atomic E-state index is -0.610. The van der Waals surface area contributed by atoms with Crippen molar-refractivity contribution in [3.05, 3.63) is 59.7 Å². The van der Waals surface area contributed by atoms with Crippen LogP contribution in [0, 0.1) is 0 Å². The predicted octanol–water partition coefficient (Wildman–Crippen LogP) is 3.01. The van der Waals surface area contributed by atoms with E-state index in [4.69, 9.17) is 0 Å². The number of nitrogens with one attached hydrogen (secondary N) is 1. The van der Waals surface area contributed by atoms with Gasteiger partial charge in [0.2, 0.25) is 5.91 Å². The quantitative estimate of drug-likeness (QED) is 0.906. The SMILES string of the molecule is CN(C)c1ccc(C2(C)C(=O)Nc3ccccc32)cc1. The summed E-state index contributed by atoms with van der Waals surface area (Å²) in [6, 6.07) is 16.1. The van der Waals surface area contributed by atoms with Crippen LogP contribution >= 0.6 is 0 Å². The number of rotatable bonds is 2. The summed E-state index contributed by atoms with van der Waals surface area (Å²) in [4.78, 5) is 14.5. The van der Waals surface area contributed by atoms with E-state index in [1.807, 2.05) is 57.4 Å². The van der Waals surface area contributed by atoms with Gasteiger partial charge in [0.15, 0.2) is 0 Å². The highest BCUT2D eigenvalue weighted by Crippen LogP contribution is 2.42. The maximum absolute atomic E-state index is 12.5. The Bertz CT molecular complexity index is 661. The van der Waals surface area contributed by atoms with E-state index >= 15 is 0 Å². The molecule has 0 aromatic heterocycles. The molecule has 20 heavy (non-hydrogen) atoms. The van der Waals surface area contributed by atoms with E-state index in [9.17, 15) is 4.79 Å². The molecule has 0 bridgehead atoms. The largest absolute Gasteiger partial charge is 0.378 e. The zero-order chi connectivity index (χ0) is 14.3. The first-order valence-corrected chi connectivity index (χ1v) is 6.72. The molecule has 0 saturated carbocycles. The lowest BCUT2D eigenvalue weighted by Gasteiger charge is -2.24. The summed E-state index contributed by atoms with van der Waals surface area (Å²) < 4.78 is 0. The lowest BCUT2D eigenvalue weighted by atomic mass is 9.77. The summed E-state index contributed by atoms with van der Waals surface area (Å²) in [5.41, 5.74) is 3.50. The number of para-hydroxylation sites is 1. The zero-order valence-corrected chi connectivity index (χ0v) is 12.0. The number of hydrogen-bond donors (Lipinski definition) is 1. The highest BCUT2D eigenvalue weighted by atomic mass is 16.2. The third-order valence-electron chi connectivity index (χ3n) is 4.13. The van der Waals surface area contributed by atoms with E-state index in [0.29, 0.717) is 0 Å². The average molecular weight is 266 g/mol. The highest BCUT2D eigenvalue weighted by molar-refractivity contribution is 6.08. The minimum Gasteiger partial charge on any atom is -0.378 e. The van der Waals surface area contributed by atoms with E-state index in [1.165, 1.54) is 0 Å². The Labute approximate surface area is 119 Å². The Hall–Kier alpha value is -2.29. The van der Waals surface area contributed by atoms with Crippen molar-refractivity contribution in [2.24, 2.45) is 0 Å². The number of anilines is 2.